The molecule has 1 aliphatic rings. The van der Waals surface area contributed by atoms with Gasteiger partial charge in [0.1, 0.15) is 5.82 Å². The molecule has 0 radical (unpaired) electrons. The number of nitrogens with zero attached hydrogens (tertiary/aromatic N) is 2. The molecule has 20 heavy (non-hydrogen) atoms. The molecule has 1 heterocycles. The van der Waals surface area contributed by atoms with Gasteiger partial charge in [-0.05, 0) is 39.0 Å². The lowest BCUT2D eigenvalue weighted by atomic mass is 9.85. The summed E-state index contributed by atoms with van der Waals surface area (Å²) in [5.41, 5.74) is 5.92. The van der Waals surface area contributed by atoms with Crippen LogP contribution >= 0.6 is 0 Å². The van der Waals surface area contributed by atoms with Crippen molar-refractivity contribution in [2.24, 2.45) is 11.7 Å². The predicted octanol–water partition coefficient (Wildman–Crippen LogP) is 1.61. The predicted molar refractivity (Wildman–Crippen MR) is 79.1 cm³/mol. The number of aromatic nitrogens is 2. The van der Waals surface area contributed by atoms with Gasteiger partial charge in [0.25, 0.3) is 0 Å². The molecule has 112 valence electrons. The molecule has 2 unspecified atom stereocenters. The molecule has 1 fully saturated rings. The summed E-state index contributed by atoms with van der Waals surface area (Å²) < 4.78 is 2.14. The summed E-state index contributed by atoms with van der Waals surface area (Å²) in [5, 5.41) is 3.05. The number of aryl methyl sites for hydroxylation is 2. The zero-order valence-corrected chi connectivity index (χ0v) is 12.3. The van der Waals surface area contributed by atoms with E-state index in [1.807, 2.05) is 19.3 Å². The van der Waals surface area contributed by atoms with Crippen molar-refractivity contribution in [1.82, 2.24) is 14.9 Å². The maximum absolute atomic E-state index is 12.0. The Morgan fingerprint density at radius 2 is 2.35 bits per heavy atom. The van der Waals surface area contributed by atoms with Crippen LogP contribution in [0.3, 0.4) is 0 Å². The third-order valence-electron chi connectivity index (χ3n) is 4.13. The number of hydrogen-bond donors (Lipinski definition) is 2. The number of unbranched alkanes of at least 4 members (excludes halogenated alkanes) is 1. The summed E-state index contributed by atoms with van der Waals surface area (Å²) >= 11 is 0. The zero-order chi connectivity index (χ0) is 14.4. The number of carbonyl (C=O) groups is 1. The van der Waals surface area contributed by atoms with E-state index in [9.17, 15) is 4.79 Å². The van der Waals surface area contributed by atoms with E-state index in [-0.39, 0.29) is 17.9 Å². The molecule has 1 amide bonds. The van der Waals surface area contributed by atoms with Crippen LogP contribution in [0.1, 0.15) is 44.3 Å². The van der Waals surface area contributed by atoms with Gasteiger partial charge in [0.05, 0.1) is 0 Å². The molecule has 2 atom stereocenters. The summed E-state index contributed by atoms with van der Waals surface area (Å²) in [6.07, 6.45) is 9.87. The highest BCUT2D eigenvalue weighted by Crippen LogP contribution is 2.23. The van der Waals surface area contributed by atoms with E-state index in [2.05, 4.69) is 14.9 Å². The summed E-state index contributed by atoms with van der Waals surface area (Å²) in [5.74, 6) is 1.37. The van der Waals surface area contributed by atoms with Crippen molar-refractivity contribution in [2.75, 3.05) is 6.54 Å². The van der Waals surface area contributed by atoms with Gasteiger partial charge < -0.3 is 15.6 Å². The van der Waals surface area contributed by atoms with Crippen LogP contribution in [0.25, 0.3) is 0 Å². The van der Waals surface area contributed by atoms with Crippen LogP contribution in [0.2, 0.25) is 0 Å². The molecule has 5 nitrogen and oxygen atoms in total. The minimum atomic E-state index is 0.134. The van der Waals surface area contributed by atoms with Crippen molar-refractivity contribution in [1.29, 1.82) is 0 Å². The number of nitrogens with one attached hydrogen (secondary N) is 1. The molecule has 0 aliphatic heterocycles. The lowest BCUT2D eigenvalue weighted by Crippen LogP contribution is -2.38. The Labute approximate surface area is 120 Å². The van der Waals surface area contributed by atoms with E-state index < -0.39 is 0 Å². The van der Waals surface area contributed by atoms with Crippen LogP contribution in [0.15, 0.2) is 12.4 Å². The molecule has 1 saturated carbocycles. The van der Waals surface area contributed by atoms with Crippen molar-refractivity contribution >= 4 is 5.91 Å². The van der Waals surface area contributed by atoms with E-state index in [1.54, 1.807) is 0 Å². The molecule has 0 saturated heterocycles. The topological polar surface area (TPSA) is 72.9 Å². The van der Waals surface area contributed by atoms with E-state index >= 15 is 0 Å². The van der Waals surface area contributed by atoms with E-state index in [0.29, 0.717) is 0 Å². The smallest absolute Gasteiger partial charge is 0.223 e. The highest BCUT2D eigenvalue weighted by atomic mass is 16.1. The van der Waals surface area contributed by atoms with Gasteiger partial charge in [0.15, 0.2) is 0 Å². The normalized spacial score (nSPS) is 22.7. The van der Waals surface area contributed by atoms with Gasteiger partial charge >= 0.3 is 0 Å². The average molecular weight is 278 g/mol. The van der Waals surface area contributed by atoms with Gasteiger partial charge in [-0.25, -0.2) is 4.98 Å². The minimum absolute atomic E-state index is 0.134. The number of carbonyl (C=O) groups excluding carboxylic acids is 1. The summed E-state index contributed by atoms with van der Waals surface area (Å²) in [6, 6.07) is 0.212. The number of imidazole rings is 1. The van der Waals surface area contributed by atoms with Gasteiger partial charge in [-0.1, -0.05) is 6.42 Å². The van der Waals surface area contributed by atoms with E-state index in [1.165, 1.54) is 0 Å². The number of amides is 1. The molecule has 5 heteroatoms. The van der Waals surface area contributed by atoms with Gasteiger partial charge in [-0.15, -0.1) is 0 Å². The highest BCUT2D eigenvalue weighted by Gasteiger charge is 2.24. The maximum atomic E-state index is 12.0. The first kappa shape index (κ1) is 15.0. The van der Waals surface area contributed by atoms with E-state index in [0.717, 1.165) is 57.4 Å². The standard InChI is InChI=1S/C15H26N4O/c1-12-17-8-10-19(12)9-3-2-7-18-15(20)13-5-4-6-14(16)11-13/h8,10,13-14H,2-7,9,11,16H2,1H3,(H,18,20). The monoisotopic (exact) mass is 278 g/mol. The lowest BCUT2D eigenvalue weighted by molar-refractivity contribution is -0.126. The fourth-order valence-electron chi connectivity index (χ4n) is 2.87. The third-order valence-corrected chi connectivity index (χ3v) is 4.13. The van der Waals surface area contributed by atoms with Crippen molar-refractivity contribution in [3.8, 4) is 0 Å². The molecule has 1 aromatic heterocycles. The Hall–Kier alpha value is -1.36. The summed E-state index contributed by atoms with van der Waals surface area (Å²) in [6.45, 7) is 3.74. The zero-order valence-electron chi connectivity index (χ0n) is 12.3. The molecule has 0 spiro atoms. The SMILES string of the molecule is Cc1nccn1CCCCNC(=O)C1CCCC(N)C1. The van der Waals surface area contributed by atoms with Gasteiger partial charge in [-0.2, -0.15) is 0 Å². The quantitative estimate of drug-likeness (QED) is 0.776. The van der Waals surface area contributed by atoms with Crippen LogP contribution < -0.4 is 11.1 Å². The Balaban J connectivity index is 1.58. The molecular formula is C15H26N4O. The molecule has 0 aromatic carbocycles. The summed E-state index contributed by atoms with van der Waals surface area (Å²) in [7, 11) is 0. The Kier molecular flexibility index (Phi) is 5.59. The Morgan fingerprint density at radius 1 is 1.50 bits per heavy atom. The van der Waals surface area contributed by atoms with Crippen LogP contribution in [-0.2, 0) is 11.3 Å². The largest absolute Gasteiger partial charge is 0.356 e. The van der Waals surface area contributed by atoms with Crippen LogP contribution in [0.5, 0.6) is 0 Å². The molecular weight excluding hydrogens is 252 g/mol. The molecule has 1 aliphatic carbocycles. The highest BCUT2D eigenvalue weighted by molar-refractivity contribution is 5.78. The first-order valence-corrected chi connectivity index (χ1v) is 7.68. The Bertz CT molecular complexity index is 429. The maximum Gasteiger partial charge on any atom is 0.223 e. The molecule has 0 bridgehead atoms. The molecule has 1 aromatic rings. The molecule has 2 rings (SSSR count). The van der Waals surface area contributed by atoms with Gasteiger partial charge in [-0.3, -0.25) is 4.79 Å². The third kappa shape index (κ3) is 4.34. The van der Waals surface area contributed by atoms with Crippen molar-refractivity contribution in [3.63, 3.8) is 0 Å². The number of rotatable bonds is 6. The Morgan fingerprint density at radius 3 is 3.05 bits per heavy atom. The van der Waals surface area contributed by atoms with Gasteiger partial charge in [0.2, 0.25) is 5.91 Å². The summed E-state index contributed by atoms with van der Waals surface area (Å²) in [4.78, 5) is 16.2. The lowest BCUT2D eigenvalue weighted by Gasteiger charge is -2.25. The average Bonchev–Trinajstić information content (AvgIpc) is 2.84. The number of hydrogen-bond acceptors (Lipinski definition) is 3. The van der Waals surface area contributed by atoms with Crippen molar-refractivity contribution in [3.05, 3.63) is 18.2 Å². The fourth-order valence-corrected chi connectivity index (χ4v) is 2.87. The minimum Gasteiger partial charge on any atom is -0.356 e. The van der Waals surface area contributed by atoms with Crippen LogP contribution in [0, 0.1) is 12.8 Å². The first-order chi connectivity index (χ1) is 9.66. The fraction of sp³-hybridized carbons (Fsp3) is 0.733. The second-order valence-electron chi connectivity index (χ2n) is 5.79. The second-order valence-corrected chi connectivity index (χ2v) is 5.79. The van der Waals surface area contributed by atoms with Gasteiger partial charge in [0, 0.05) is 37.4 Å². The van der Waals surface area contributed by atoms with Crippen LogP contribution in [0.4, 0.5) is 0 Å². The second kappa shape index (κ2) is 7.43. The van der Waals surface area contributed by atoms with Crippen molar-refractivity contribution < 1.29 is 4.79 Å². The first-order valence-electron chi connectivity index (χ1n) is 7.68. The van der Waals surface area contributed by atoms with E-state index in [4.69, 9.17) is 5.73 Å². The molecule has 3 N–H and O–H groups in total. The van der Waals surface area contributed by atoms with Crippen molar-refractivity contribution in [2.45, 2.75) is 58.0 Å². The van der Waals surface area contributed by atoms with Crippen LogP contribution in [-0.4, -0.2) is 28.0 Å². The number of nitrogens with two attached hydrogens (primary N) is 1.